The molecule has 3 aromatic rings. The number of aromatic nitrogens is 1. The van der Waals surface area contributed by atoms with E-state index in [1.54, 1.807) is 20.8 Å². The first kappa shape index (κ1) is 22.6. The summed E-state index contributed by atoms with van der Waals surface area (Å²) < 4.78 is 16.8. The second-order valence-corrected chi connectivity index (χ2v) is 9.04. The summed E-state index contributed by atoms with van der Waals surface area (Å²) >= 11 is 0. The van der Waals surface area contributed by atoms with E-state index < -0.39 is 29.8 Å². The van der Waals surface area contributed by atoms with Crippen LogP contribution < -0.4 is 4.74 Å². The summed E-state index contributed by atoms with van der Waals surface area (Å²) in [5, 5.41) is 0.863. The van der Waals surface area contributed by atoms with Gasteiger partial charge < -0.3 is 14.2 Å². The Morgan fingerprint density at radius 3 is 2.42 bits per heavy atom. The number of likely N-dealkylation sites (tertiary alicyclic amines) is 1. The highest BCUT2D eigenvalue weighted by Gasteiger charge is 2.43. The van der Waals surface area contributed by atoms with Gasteiger partial charge in [-0.05, 0) is 32.9 Å². The van der Waals surface area contributed by atoms with E-state index in [-0.39, 0.29) is 6.54 Å². The number of para-hydroxylation sites is 1. The van der Waals surface area contributed by atoms with Crippen molar-refractivity contribution < 1.29 is 23.8 Å². The number of pyridine rings is 1. The molecule has 2 aromatic carbocycles. The number of carbonyl (C=O) groups is 2. The van der Waals surface area contributed by atoms with Crippen LogP contribution in [0.4, 0.5) is 4.79 Å². The van der Waals surface area contributed by atoms with Crippen LogP contribution in [0.5, 0.6) is 5.75 Å². The van der Waals surface area contributed by atoms with Gasteiger partial charge in [-0.25, -0.2) is 14.6 Å². The second-order valence-electron chi connectivity index (χ2n) is 9.04. The average Bonchev–Trinajstić information content (AvgIpc) is 3.22. The molecular formula is C26H28N2O5. The van der Waals surface area contributed by atoms with Crippen molar-refractivity contribution in [2.75, 3.05) is 13.7 Å². The molecule has 1 amide bonds. The number of benzene rings is 2. The molecule has 1 saturated heterocycles. The van der Waals surface area contributed by atoms with Gasteiger partial charge >= 0.3 is 12.1 Å². The van der Waals surface area contributed by atoms with E-state index in [1.165, 1.54) is 12.0 Å². The monoisotopic (exact) mass is 448 g/mol. The predicted octanol–water partition coefficient (Wildman–Crippen LogP) is 4.83. The Morgan fingerprint density at radius 2 is 1.73 bits per heavy atom. The molecule has 0 N–H and O–H groups in total. The molecule has 2 atom stereocenters. The maximum atomic E-state index is 12.8. The zero-order chi connectivity index (χ0) is 23.6. The quantitative estimate of drug-likeness (QED) is 0.532. The summed E-state index contributed by atoms with van der Waals surface area (Å²) in [6, 6.07) is 18.8. The Hall–Kier alpha value is -3.61. The van der Waals surface area contributed by atoms with Crippen LogP contribution in [0.25, 0.3) is 22.2 Å². The van der Waals surface area contributed by atoms with Crippen molar-refractivity contribution in [3.8, 4) is 17.0 Å². The van der Waals surface area contributed by atoms with E-state index in [9.17, 15) is 9.59 Å². The third kappa shape index (κ3) is 5.08. The number of rotatable bonds is 4. The third-order valence-electron chi connectivity index (χ3n) is 5.41. The van der Waals surface area contributed by atoms with Crippen molar-refractivity contribution in [1.82, 2.24) is 9.88 Å². The van der Waals surface area contributed by atoms with E-state index in [2.05, 4.69) is 0 Å². The molecule has 7 heteroatoms. The topological polar surface area (TPSA) is 78.0 Å². The minimum absolute atomic E-state index is 0.214. The lowest BCUT2D eigenvalue weighted by atomic mass is 10.1. The number of methoxy groups -OCH3 is 1. The van der Waals surface area contributed by atoms with Crippen LogP contribution in [0, 0.1) is 0 Å². The van der Waals surface area contributed by atoms with Crippen molar-refractivity contribution in [2.45, 2.75) is 44.9 Å². The maximum absolute atomic E-state index is 12.8. The zero-order valence-electron chi connectivity index (χ0n) is 19.3. The smallest absolute Gasteiger partial charge is 0.411 e. The number of hydrogen-bond acceptors (Lipinski definition) is 6. The van der Waals surface area contributed by atoms with Crippen molar-refractivity contribution in [1.29, 1.82) is 0 Å². The van der Waals surface area contributed by atoms with E-state index in [0.29, 0.717) is 12.2 Å². The Labute approximate surface area is 193 Å². The van der Waals surface area contributed by atoms with Gasteiger partial charge in [0.2, 0.25) is 0 Å². The molecule has 0 aliphatic carbocycles. The van der Waals surface area contributed by atoms with E-state index in [4.69, 9.17) is 19.2 Å². The molecule has 1 fully saturated rings. The summed E-state index contributed by atoms with van der Waals surface area (Å²) in [4.78, 5) is 31.4. The van der Waals surface area contributed by atoms with Crippen LogP contribution in [-0.2, 0) is 14.3 Å². The number of fused-ring (bicyclic) bond motifs is 1. The number of esters is 1. The molecule has 2 unspecified atom stereocenters. The minimum atomic E-state index is -0.767. The molecule has 4 rings (SSSR count). The lowest BCUT2D eigenvalue weighted by Gasteiger charge is -2.27. The number of carbonyl (C=O) groups excluding carboxylic acids is 2. The molecule has 1 aliphatic heterocycles. The Morgan fingerprint density at radius 1 is 1.03 bits per heavy atom. The van der Waals surface area contributed by atoms with Gasteiger partial charge in [-0.1, -0.05) is 42.5 Å². The van der Waals surface area contributed by atoms with Crippen LogP contribution in [0.3, 0.4) is 0 Å². The van der Waals surface area contributed by atoms with Crippen LogP contribution >= 0.6 is 0 Å². The molecule has 7 nitrogen and oxygen atoms in total. The summed E-state index contributed by atoms with van der Waals surface area (Å²) in [5.74, 6) is 0.163. The fourth-order valence-corrected chi connectivity index (χ4v) is 3.94. The van der Waals surface area contributed by atoms with Crippen LogP contribution in [0.15, 0.2) is 60.7 Å². The zero-order valence-corrected chi connectivity index (χ0v) is 19.3. The number of hydrogen-bond donors (Lipinski definition) is 0. The van der Waals surface area contributed by atoms with E-state index in [1.807, 2.05) is 60.7 Å². The number of amides is 1. The standard InChI is InChI=1S/C26H28N2O5/c1-26(2,3)33-25(30)28-16-18(14-22(28)24(29)31-4)32-23-15-21(17-10-6-5-7-11-17)27-20-13-9-8-12-19(20)23/h5-13,15,18,22H,14,16H2,1-4H3. The molecule has 0 radical (unpaired) electrons. The SMILES string of the molecule is COC(=O)C1CC(Oc2cc(-c3ccccc3)nc3ccccc23)CN1C(=O)OC(C)(C)C. The van der Waals surface area contributed by atoms with Gasteiger partial charge in [0.25, 0.3) is 0 Å². The minimum Gasteiger partial charge on any atom is -0.488 e. The van der Waals surface area contributed by atoms with Gasteiger partial charge in [0.1, 0.15) is 23.5 Å². The first-order valence-corrected chi connectivity index (χ1v) is 10.9. The molecule has 0 bridgehead atoms. The predicted molar refractivity (Wildman–Crippen MR) is 125 cm³/mol. The Kier molecular flexibility index (Phi) is 6.22. The van der Waals surface area contributed by atoms with Crippen molar-refractivity contribution in [3.05, 3.63) is 60.7 Å². The number of ether oxygens (including phenoxy) is 3. The van der Waals surface area contributed by atoms with Gasteiger partial charge in [-0.15, -0.1) is 0 Å². The highest BCUT2D eigenvalue weighted by Crippen LogP contribution is 2.33. The molecule has 0 spiro atoms. The van der Waals surface area contributed by atoms with E-state index in [0.717, 1.165) is 22.2 Å². The van der Waals surface area contributed by atoms with Crippen molar-refractivity contribution in [3.63, 3.8) is 0 Å². The molecular weight excluding hydrogens is 420 g/mol. The Bertz CT molecular complexity index is 1160. The lowest BCUT2D eigenvalue weighted by Crippen LogP contribution is -2.44. The molecule has 1 aliphatic rings. The van der Waals surface area contributed by atoms with Gasteiger partial charge in [0.05, 0.1) is 24.9 Å². The molecule has 0 saturated carbocycles. The van der Waals surface area contributed by atoms with Crippen LogP contribution in [0.2, 0.25) is 0 Å². The van der Waals surface area contributed by atoms with Gasteiger partial charge in [-0.2, -0.15) is 0 Å². The van der Waals surface area contributed by atoms with Gasteiger partial charge in [-0.3, -0.25) is 4.90 Å². The molecule has 33 heavy (non-hydrogen) atoms. The highest BCUT2D eigenvalue weighted by atomic mass is 16.6. The van der Waals surface area contributed by atoms with Gasteiger partial charge in [0.15, 0.2) is 0 Å². The van der Waals surface area contributed by atoms with Crippen LogP contribution in [0.1, 0.15) is 27.2 Å². The fraction of sp³-hybridized carbons (Fsp3) is 0.346. The van der Waals surface area contributed by atoms with Crippen molar-refractivity contribution >= 4 is 23.0 Å². The average molecular weight is 449 g/mol. The van der Waals surface area contributed by atoms with Gasteiger partial charge in [0, 0.05) is 23.4 Å². The molecule has 2 heterocycles. The number of nitrogens with zero attached hydrogens (tertiary/aromatic N) is 2. The van der Waals surface area contributed by atoms with E-state index >= 15 is 0 Å². The Balaban J connectivity index is 1.65. The highest BCUT2D eigenvalue weighted by molar-refractivity contribution is 5.88. The first-order valence-electron chi connectivity index (χ1n) is 10.9. The van der Waals surface area contributed by atoms with Crippen LogP contribution in [-0.4, -0.2) is 53.3 Å². The summed E-state index contributed by atoms with van der Waals surface area (Å²) in [5.41, 5.74) is 1.89. The molecule has 1 aromatic heterocycles. The first-order chi connectivity index (χ1) is 15.7. The fourth-order valence-electron chi connectivity index (χ4n) is 3.94. The normalized spacial score (nSPS) is 18.2. The summed E-state index contributed by atoms with van der Waals surface area (Å²) in [6.45, 7) is 5.58. The second kappa shape index (κ2) is 9.10. The summed E-state index contributed by atoms with van der Waals surface area (Å²) in [6.07, 6.45) is -0.659. The maximum Gasteiger partial charge on any atom is 0.411 e. The molecule has 172 valence electrons. The third-order valence-corrected chi connectivity index (χ3v) is 5.41. The lowest BCUT2D eigenvalue weighted by molar-refractivity contribution is -0.145. The van der Waals surface area contributed by atoms with Crippen molar-refractivity contribution in [2.24, 2.45) is 0 Å². The largest absolute Gasteiger partial charge is 0.488 e. The summed E-state index contributed by atoms with van der Waals surface area (Å²) in [7, 11) is 1.31.